The predicted molar refractivity (Wildman–Crippen MR) is 86.8 cm³/mol. The van der Waals surface area contributed by atoms with E-state index in [0.29, 0.717) is 6.61 Å². The third-order valence-corrected chi connectivity index (χ3v) is 3.32. The molecule has 0 saturated heterocycles. The van der Waals surface area contributed by atoms with Crippen molar-refractivity contribution < 1.29 is 9.53 Å². The number of hydrogen-bond donors (Lipinski definition) is 0. The van der Waals surface area contributed by atoms with E-state index >= 15 is 0 Å². The van der Waals surface area contributed by atoms with Gasteiger partial charge in [0.05, 0.1) is 6.61 Å². The maximum absolute atomic E-state index is 10.8. The molecule has 0 aromatic carbocycles. The SMILES string of the molecule is C=CC(=O)OCCC/C=C/CCCCCCCCCC. The van der Waals surface area contributed by atoms with Crippen LogP contribution in [0.1, 0.15) is 77.6 Å². The van der Waals surface area contributed by atoms with Crippen molar-refractivity contribution in [3.05, 3.63) is 24.8 Å². The van der Waals surface area contributed by atoms with Crippen molar-refractivity contribution in [2.45, 2.75) is 77.6 Å². The summed E-state index contributed by atoms with van der Waals surface area (Å²) in [4.78, 5) is 10.8. The number of ether oxygens (including phenoxy) is 1. The van der Waals surface area contributed by atoms with Gasteiger partial charge in [0.25, 0.3) is 0 Å². The zero-order valence-electron chi connectivity index (χ0n) is 13.2. The molecule has 2 nitrogen and oxygen atoms in total. The van der Waals surface area contributed by atoms with Gasteiger partial charge >= 0.3 is 5.97 Å². The van der Waals surface area contributed by atoms with E-state index in [-0.39, 0.29) is 5.97 Å². The van der Waals surface area contributed by atoms with E-state index in [1.165, 1.54) is 63.9 Å². The van der Waals surface area contributed by atoms with Crippen LogP contribution >= 0.6 is 0 Å². The van der Waals surface area contributed by atoms with Gasteiger partial charge < -0.3 is 4.74 Å². The quantitative estimate of drug-likeness (QED) is 0.180. The molecule has 0 aromatic heterocycles. The second-order valence-electron chi connectivity index (χ2n) is 5.25. The Bertz CT molecular complexity index is 256. The molecule has 0 aromatic rings. The van der Waals surface area contributed by atoms with Crippen LogP contribution in [0.4, 0.5) is 0 Å². The van der Waals surface area contributed by atoms with Crippen LogP contribution in [0.2, 0.25) is 0 Å². The van der Waals surface area contributed by atoms with Crippen LogP contribution in [0.3, 0.4) is 0 Å². The summed E-state index contributed by atoms with van der Waals surface area (Å²) in [6.07, 6.45) is 19.7. The summed E-state index contributed by atoms with van der Waals surface area (Å²) in [5.74, 6) is -0.326. The first-order chi connectivity index (χ1) is 9.81. The molecule has 0 heterocycles. The van der Waals surface area contributed by atoms with E-state index in [2.05, 4.69) is 25.7 Å². The lowest BCUT2D eigenvalue weighted by Crippen LogP contribution is -2.00. The van der Waals surface area contributed by atoms with Crippen LogP contribution in [-0.2, 0) is 9.53 Å². The van der Waals surface area contributed by atoms with Gasteiger partial charge in [-0.05, 0) is 25.7 Å². The number of allylic oxidation sites excluding steroid dienone is 2. The summed E-state index contributed by atoms with van der Waals surface area (Å²) in [5, 5.41) is 0. The number of rotatable bonds is 14. The van der Waals surface area contributed by atoms with Crippen molar-refractivity contribution in [1.82, 2.24) is 0 Å². The Balaban J connectivity index is 3.12. The molecule has 0 unspecified atom stereocenters. The van der Waals surface area contributed by atoms with E-state index in [0.717, 1.165) is 12.8 Å². The topological polar surface area (TPSA) is 26.3 Å². The first-order valence-corrected chi connectivity index (χ1v) is 8.25. The summed E-state index contributed by atoms with van der Waals surface area (Å²) in [6.45, 7) is 6.11. The van der Waals surface area contributed by atoms with Gasteiger partial charge in [0.15, 0.2) is 0 Å². The van der Waals surface area contributed by atoms with Crippen molar-refractivity contribution in [1.29, 1.82) is 0 Å². The predicted octanol–water partition coefficient (Wildman–Crippen LogP) is 5.58. The molecule has 0 saturated carbocycles. The Morgan fingerprint density at radius 3 is 2.05 bits per heavy atom. The molecular formula is C18H32O2. The number of unbranched alkanes of at least 4 members (excludes halogenated alkanes) is 9. The number of carbonyl (C=O) groups is 1. The maximum Gasteiger partial charge on any atom is 0.330 e. The third-order valence-electron chi connectivity index (χ3n) is 3.32. The average molecular weight is 280 g/mol. The van der Waals surface area contributed by atoms with E-state index < -0.39 is 0 Å². The first kappa shape index (κ1) is 18.9. The minimum absolute atomic E-state index is 0.326. The molecule has 2 heteroatoms. The highest BCUT2D eigenvalue weighted by molar-refractivity contribution is 5.81. The van der Waals surface area contributed by atoms with E-state index in [9.17, 15) is 4.79 Å². The second kappa shape index (κ2) is 16.0. The molecule has 116 valence electrons. The number of carbonyl (C=O) groups excluding carboxylic acids is 1. The van der Waals surface area contributed by atoms with Crippen LogP contribution < -0.4 is 0 Å². The Hall–Kier alpha value is -1.05. The van der Waals surface area contributed by atoms with Gasteiger partial charge in [-0.1, -0.05) is 70.6 Å². The molecule has 0 fully saturated rings. The molecule has 0 radical (unpaired) electrons. The van der Waals surface area contributed by atoms with E-state index in [4.69, 9.17) is 4.74 Å². The third kappa shape index (κ3) is 15.0. The van der Waals surface area contributed by atoms with E-state index in [1.807, 2.05) is 0 Å². The van der Waals surface area contributed by atoms with Gasteiger partial charge in [0.1, 0.15) is 0 Å². The normalized spacial score (nSPS) is 10.8. The summed E-state index contributed by atoms with van der Waals surface area (Å²) < 4.78 is 4.90. The van der Waals surface area contributed by atoms with Gasteiger partial charge in [0, 0.05) is 6.08 Å². The zero-order valence-corrected chi connectivity index (χ0v) is 13.2. The van der Waals surface area contributed by atoms with Crippen LogP contribution in [0.5, 0.6) is 0 Å². The minimum atomic E-state index is -0.326. The molecule has 0 atom stereocenters. The van der Waals surface area contributed by atoms with Gasteiger partial charge in [-0.3, -0.25) is 0 Å². The van der Waals surface area contributed by atoms with Crippen molar-refractivity contribution >= 4 is 5.97 Å². The van der Waals surface area contributed by atoms with Gasteiger partial charge in [0.2, 0.25) is 0 Å². The Morgan fingerprint density at radius 2 is 1.45 bits per heavy atom. The fraction of sp³-hybridized carbons (Fsp3) is 0.722. The monoisotopic (exact) mass is 280 g/mol. The molecule has 0 spiro atoms. The van der Waals surface area contributed by atoms with Gasteiger partial charge in [-0.2, -0.15) is 0 Å². The summed E-state index contributed by atoms with van der Waals surface area (Å²) in [6, 6.07) is 0. The Kier molecular flexibility index (Phi) is 15.2. The Morgan fingerprint density at radius 1 is 0.900 bits per heavy atom. The lowest BCUT2D eigenvalue weighted by molar-refractivity contribution is -0.137. The highest BCUT2D eigenvalue weighted by Crippen LogP contribution is 2.09. The lowest BCUT2D eigenvalue weighted by atomic mass is 10.1. The summed E-state index contributed by atoms with van der Waals surface area (Å²) in [5.41, 5.74) is 0. The molecule has 0 N–H and O–H groups in total. The smallest absolute Gasteiger partial charge is 0.330 e. The van der Waals surface area contributed by atoms with Crippen molar-refractivity contribution in [2.75, 3.05) is 6.61 Å². The largest absolute Gasteiger partial charge is 0.463 e. The van der Waals surface area contributed by atoms with Gasteiger partial charge in [-0.25, -0.2) is 4.79 Å². The molecule has 0 rings (SSSR count). The highest BCUT2D eigenvalue weighted by Gasteiger charge is 1.93. The van der Waals surface area contributed by atoms with Crippen molar-refractivity contribution in [3.8, 4) is 0 Å². The maximum atomic E-state index is 10.8. The zero-order chi connectivity index (χ0) is 14.9. The number of esters is 1. The molecule has 0 aliphatic heterocycles. The average Bonchev–Trinajstić information content (AvgIpc) is 2.47. The molecule has 0 amide bonds. The standard InChI is InChI=1S/C18H32O2/c1-3-5-6-7-8-9-10-11-12-13-14-15-16-17-20-18(19)4-2/h4,13-14H,2-3,5-12,15-17H2,1H3/b14-13+. The molecular weight excluding hydrogens is 248 g/mol. The van der Waals surface area contributed by atoms with Crippen LogP contribution in [0.15, 0.2) is 24.8 Å². The number of hydrogen-bond acceptors (Lipinski definition) is 2. The molecule has 20 heavy (non-hydrogen) atoms. The van der Waals surface area contributed by atoms with Crippen LogP contribution in [0.25, 0.3) is 0 Å². The summed E-state index contributed by atoms with van der Waals surface area (Å²) in [7, 11) is 0. The van der Waals surface area contributed by atoms with Crippen LogP contribution in [-0.4, -0.2) is 12.6 Å². The van der Waals surface area contributed by atoms with Crippen molar-refractivity contribution in [2.24, 2.45) is 0 Å². The van der Waals surface area contributed by atoms with E-state index in [1.54, 1.807) is 0 Å². The molecule has 0 bridgehead atoms. The van der Waals surface area contributed by atoms with Crippen molar-refractivity contribution in [3.63, 3.8) is 0 Å². The second-order valence-corrected chi connectivity index (χ2v) is 5.25. The fourth-order valence-electron chi connectivity index (χ4n) is 2.06. The lowest BCUT2D eigenvalue weighted by Gasteiger charge is -2.00. The van der Waals surface area contributed by atoms with Crippen LogP contribution in [0, 0.1) is 0 Å². The van der Waals surface area contributed by atoms with Gasteiger partial charge in [-0.15, -0.1) is 0 Å². The highest BCUT2D eigenvalue weighted by atomic mass is 16.5. The summed E-state index contributed by atoms with van der Waals surface area (Å²) >= 11 is 0. The Labute approximate surface area is 125 Å². The minimum Gasteiger partial charge on any atom is -0.463 e. The molecule has 0 aliphatic rings. The molecule has 0 aliphatic carbocycles. The first-order valence-electron chi connectivity index (χ1n) is 8.25. The fourth-order valence-corrected chi connectivity index (χ4v) is 2.06.